The van der Waals surface area contributed by atoms with Gasteiger partial charge >= 0.3 is 0 Å². The lowest BCUT2D eigenvalue weighted by atomic mass is 10.2. The topological polar surface area (TPSA) is 49.3 Å². The summed E-state index contributed by atoms with van der Waals surface area (Å²) >= 11 is 0. The van der Waals surface area contributed by atoms with Crippen molar-refractivity contribution in [3.8, 4) is 0 Å². The minimum Gasteiger partial charge on any atom is -0.395 e. The van der Waals surface area contributed by atoms with Gasteiger partial charge in [-0.25, -0.2) is 4.39 Å². The molecule has 0 unspecified atom stereocenters. The van der Waals surface area contributed by atoms with E-state index in [0.29, 0.717) is 0 Å². The highest BCUT2D eigenvalue weighted by Crippen LogP contribution is 2.05. The van der Waals surface area contributed by atoms with Crippen LogP contribution in [0.3, 0.4) is 0 Å². The number of nitrogens with one attached hydrogen (secondary N) is 1. The molecule has 0 spiro atoms. The van der Waals surface area contributed by atoms with Gasteiger partial charge in [-0.1, -0.05) is 24.3 Å². The summed E-state index contributed by atoms with van der Waals surface area (Å²) in [7, 11) is 0. The molecule has 0 aliphatic heterocycles. The van der Waals surface area contributed by atoms with Crippen LogP contribution in [0, 0.1) is 5.82 Å². The Kier molecular flexibility index (Phi) is 5.22. The highest BCUT2D eigenvalue weighted by molar-refractivity contribution is 5.78. The number of amides is 1. The van der Waals surface area contributed by atoms with Crippen molar-refractivity contribution >= 4 is 12.0 Å². The molecule has 0 aromatic heterocycles. The molecule has 0 aliphatic rings. The number of rotatable bonds is 5. The van der Waals surface area contributed by atoms with E-state index in [1.54, 1.807) is 24.3 Å². The largest absolute Gasteiger partial charge is 0.395 e. The third-order valence-electron chi connectivity index (χ3n) is 1.90. The quantitative estimate of drug-likeness (QED) is 0.791. The van der Waals surface area contributed by atoms with Gasteiger partial charge in [-0.15, -0.1) is 0 Å². The lowest BCUT2D eigenvalue weighted by molar-refractivity contribution is -0.120. The first-order valence-electron chi connectivity index (χ1n) is 5.02. The van der Waals surface area contributed by atoms with Gasteiger partial charge in [0.15, 0.2) is 0 Å². The van der Waals surface area contributed by atoms with Gasteiger partial charge in [0.2, 0.25) is 5.91 Å². The maximum absolute atomic E-state index is 12.8. The lowest BCUT2D eigenvalue weighted by Crippen LogP contribution is -2.25. The first kappa shape index (κ1) is 12.4. The Labute approximate surface area is 93.6 Å². The SMILES string of the molecule is O=C(C/C=C/c1cccc(F)c1)NCCO. The molecule has 1 amide bonds. The van der Waals surface area contributed by atoms with Gasteiger partial charge < -0.3 is 10.4 Å². The zero-order chi connectivity index (χ0) is 11.8. The number of carbonyl (C=O) groups excluding carboxylic acids is 1. The number of aliphatic hydroxyl groups excluding tert-OH is 1. The summed E-state index contributed by atoms with van der Waals surface area (Å²) in [5.74, 6) is -0.464. The molecule has 3 nitrogen and oxygen atoms in total. The zero-order valence-electron chi connectivity index (χ0n) is 8.82. The minimum absolute atomic E-state index is 0.0701. The van der Waals surface area contributed by atoms with Crippen LogP contribution in [0.25, 0.3) is 6.08 Å². The van der Waals surface area contributed by atoms with Crippen LogP contribution in [-0.4, -0.2) is 24.2 Å². The molecular formula is C12H14FNO2. The number of aliphatic hydroxyl groups is 1. The van der Waals surface area contributed by atoms with Gasteiger partial charge in [-0.3, -0.25) is 4.79 Å². The molecule has 16 heavy (non-hydrogen) atoms. The summed E-state index contributed by atoms with van der Waals surface area (Å²) in [5, 5.41) is 11.0. The number of halogens is 1. The molecule has 0 saturated carbocycles. The monoisotopic (exact) mass is 223 g/mol. The highest BCUT2D eigenvalue weighted by atomic mass is 19.1. The summed E-state index contributed by atoms with van der Waals surface area (Å²) in [6, 6.07) is 6.12. The summed E-state index contributed by atoms with van der Waals surface area (Å²) in [6.45, 7) is 0.186. The molecule has 0 aliphatic carbocycles. The van der Waals surface area contributed by atoms with E-state index in [4.69, 9.17) is 5.11 Å². The van der Waals surface area contributed by atoms with Crippen LogP contribution in [0.15, 0.2) is 30.3 Å². The van der Waals surface area contributed by atoms with E-state index in [-0.39, 0.29) is 31.3 Å². The van der Waals surface area contributed by atoms with Gasteiger partial charge in [0.1, 0.15) is 5.82 Å². The Hall–Kier alpha value is -1.68. The van der Waals surface area contributed by atoms with Gasteiger partial charge in [-0.2, -0.15) is 0 Å². The van der Waals surface area contributed by atoms with Crippen LogP contribution >= 0.6 is 0 Å². The van der Waals surface area contributed by atoms with E-state index in [9.17, 15) is 9.18 Å². The Bertz CT molecular complexity index is 377. The molecule has 86 valence electrons. The molecule has 2 N–H and O–H groups in total. The Morgan fingerprint density at radius 1 is 1.50 bits per heavy atom. The second-order valence-electron chi connectivity index (χ2n) is 3.24. The first-order chi connectivity index (χ1) is 7.72. The normalized spacial score (nSPS) is 10.6. The van der Waals surface area contributed by atoms with Gasteiger partial charge in [0.05, 0.1) is 6.61 Å². The van der Waals surface area contributed by atoms with Crippen molar-refractivity contribution in [3.05, 3.63) is 41.7 Å². The molecule has 0 saturated heterocycles. The van der Waals surface area contributed by atoms with Crippen LogP contribution in [0.2, 0.25) is 0 Å². The van der Waals surface area contributed by atoms with Crippen molar-refractivity contribution < 1.29 is 14.3 Å². The van der Waals surface area contributed by atoms with Crippen LogP contribution in [0.5, 0.6) is 0 Å². The Balaban J connectivity index is 2.40. The molecular weight excluding hydrogens is 209 g/mol. The summed E-state index contributed by atoms with van der Waals surface area (Å²) in [5.41, 5.74) is 0.718. The first-order valence-corrected chi connectivity index (χ1v) is 5.02. The molecule has 1 aromatic carbocycles. The van der Waals surface area contributed by atoms with E-state index in [1.807, 2.05) is 0 Å². The zero-order valence-corrected chi connectivity index (χ0v) is 8.82. The third kappa shape index (κ3) is 4.70. The van der Waals surface area contributed by atoms with E-state index in [1.165, 1.54) is 12.1 Å². The number of hydrogen-bond donors (Lipinski definition) is 2. The van der Waals surface area contributed by atoms with Crippen molar-refractivity contribution in [1.82, 2.24) is 5.32 Å². The fourth-order valence-corrected chi connectivity index (χ4v) is 1.18. The molecule has 1 aromatic rings. The molecule has 0 fully saturated rings. The molecule has 4 heteroatoms. The van der Waals surface area contributed by atoms with Crippen LogP contribution in [-0.2, 0) is 4.79 Å². The van der Waals surface area contributed by atoms with Crippen molar-refractivity contribution in [3.63, 3.8) is 0 Å². The van der Waals surface area contributed by atoms with Gasteiger partial charge in [-0.05, 0) is 17.7 Å². The maximum Gasteiger partial charge on any atom is 0.223 e. The van der Waals surface area contributed by atoms with Crippen LogP contribution in [0.4, 0.5) is 4.39 Å². The van der Waals surface area contributed by atoms with Crippen molar-refractivity contribution in [2.24, 2.45) is 0 Å². The van der Waals surface area contributed by atoms with Crippen LogP contribution < -0.4 is 5.32 Å². The highest BCUT2D eigenvalue weighted by Gasteiger charge is 1.95. The smallest absolute Gasteiger partial charge is 0.223 e. The molecule has 0 radical (unpaired) electrons. The fourth-order valence-electron chi connectivity index (χ4n) is 1.18. The fraction of sp³-hybridized carbons (Fsp3) is 0.250. The van der Waals surface area contributed by atoms with Gasteiger partial charge in [0.25, 0.3) is 0 Å². The molecule has 1 rings (SSSR count). The predicted molar refractivity (Wildman–Crippen MR) is 60.1 cm³/mol. The van der Waals surface area contributed by atoms with E-state index in [0.717, 1.165) is 5.56 Å². The van der Waals surface area contributed by atoms with Crippen molar-refractivity contribution in [1.29, 1.82) is 0 Å². The van der Waals surface area contributed by atoms with Crippen LogP contribution in [0.1, 0.15) is 12.0 Å². The van der Waals surface area contributed by atoms with E-state index < -0.39 is 0 Å². The third-order valence-corrected chi connectivity index (χ3v) is 1.90. The van der Waals surface area contributed by atoms with Gasteiger partial charge in [0, 0.05) is 13.0 Å². The van der Waals surface area contributed by atoms with E-state index in [2.05, 4.69) is 5.32 Å². The second kappa shape index (κ2) is 6.74. The van der Waals surface area contributed by atoms with E-state index >= 15 is 0 Å². The molecule has 0 bridgehead atoms. The Morgan fingerprint density at radius 2 is 2.31 bits per heavy atom. The summed E-state index contributed by atoms with van der Waals surface area (Å²) in [6.07, 6.45) is 3.56. The lowest BCUT2D eigenvalue weighted by Gasteiger charge is -1.99. The average Bonchev–Trinajstić information content (AvgIpc) is 2.26. The summed E-state index contributed by atoms with van der Waals surface area (Å²) in [4.78, 5) is 11.1. The number of hydrogen-bond acceptors (Lipinski definition) is 2. The number of benzene rings is 1. The second-order valence-corrected chi connectivity index (χ2v) is 3.24. The number of carbonyl (C=O) groups is 1. The predicted octanol–water partition coefficient (Wildman–Crippen LogP) is 1.34. The standard InChI is InChI=1S/C12H14FNO2/c13-11-5-1-3-10(9-11)4-2-6-12(16)14-7-8-15/h1-5,9,15H,6-8H2,(H,14,16)/b4-2+. The molecule has 0 heterocycles. The minimum atomic E-state index is -0.299. The van der Waals surface area contributed by atoms with Crippen molar-refractivity contribution in [2.75, 3.05) is 13.2 Å². The van der Waals surface area contributed by atoms with Crippen molar-refractivity contribution in [2.45, 2.75) is 6.42 Å². The summed E-state index contributed by atoms with van der Waals surface area (Å²) < 4.78 is 12.8. The Morgan fingerprint density at radius 3 is 3.00 bits per heavy atom. The average molecular weight is 223 g/mol. The molecule has 0 atom stereocenters. The maximum atomic E-state index is 12.8.